The number of aliphatic imine (C=N–C) groups is 1. The number of halogens is 1. The van der Waals surface area contributed by atoms with E-state index in [1.165, 1.54) is 22.0 Å². The van der Waals surface area contributed by atoms with Gasteiger partial charge in [-0.1, -0.05) is 30.3 Å². The van der Waals surface area contributed by atoms with Crippen molar-refractivity contribution in [3.8, 4) is 0 Å². The Morgan fingerprint density at radius 2 is 1.85 bits per heavy atom. The molecule has 0 aliphatic carbocycles. The fraction of sp³-hybridized carbons (Fsp3) is 0.211. The molecule has 0 saturated heterocycles. The minimum Gasteiger partial charge on any atom is -0.332 e. The number of nitrogens with one attached hydrogen (secondary N) is 1. The molecule has 2 amide bonds. The van der Waals surface area contributed by atoms with Crippen LogP contribution in [0.25, 0.3) is 0 Å². The molecular formula is C19H19FN4O2. The third-order valence-electron chi connectivity index (χ3n) is 4.31. The van der Waals surface area contributed by atoms with Crippen LogP contribution in [0.5, 0.6) is 0 Å². The molecular weight excluding hydrogens is 335 g/mol. The topological polar surface area (TPSA) is 65.0 Å². The van der Waals surface area contributed by atoms with E-state index in [1.54, 1.807) is 43.4 Å². The third kappa shape index (κ3) is 3.56. The van der Waals surface area contributed by atoms with E-state index in [9.17, 15) is 14.0 Å². The second kappa shape index (κ2) is 7.35. The number of carbonyl (C=O) groups excluding carboxylic acids is 2. The second-order valence-electron chi connectivity index (χ2n) is 5.98. The van der Waals surface area contributed by atoms with E-state index in [4.69, 9.17) is 0 Å². The Hall–Kier alpha value is -3.22. The third-order valence-corrected chi connectivity index (χ3v) is 4.31. The van der Waals surface area contributed by atoms with Crippen LogP contribution < -0.4 is 10.4 Å². The number of amidine groups is 1. The highest BCUT2D eigenvalue weighted by Gasteiger charge is 2.29. The van der Waals surface area contributed by atoms with Crippen molar-refractivity contribution in [3.63, 3.8) is 0 Å². The number of para-hydroxylation sites is 1. The van der Waals surface area contributed by atoms with Gasteiger partial charge in [0.05, 0.1) is 11.7 Å². The van der Waals surface area contributed by atoms with Crippen molar-refractivity contribution in [1.29, 1.82) is 0 Å². The Morgan fingerprint density at radius 3 is 2.50 bits per heavy atom. The minimum absolute atomic E-state index is 0.0879. The van der Waals surface area contributed by atoms with Gasteiger partial charge in [0, 0.05) is 7.05 Å². The van der Waals surface area contributed by atoms with Gasteiger partial charge >= 0.3 is 0 Å². The van der Waals surface area contributed by atoms with Crippen LogP contribution in [0.15, 0.2) is 59.6 Å². The average molecular weight is 354 g/mol. The molecule has 6 nitrogen and oxygen atoms in total. The van der Waals surface area contributed by atoms with Crippen molar-refractivity contribution < 1.29 is 14.0 Å². The second-order valence-corrected chi connectivity index (χ2v) is 5.98. The van der Waals surface area contributed by atoms with Crippen LogP contribution in [-0.2, 0) is 9.59 Å². The zero-order valence-electron chi connectivity index (χ0n) is 14.5. The summed E-state index contributed by atoms with van der Waals surface area (Å²) in [6.07, 6.45) is 0. The molecule has 0 saturated carbocycles. The van der Waals surface area contributed by atoms with Gasteiger partial charge in [-0.25, -0.2) is 9.40 Å². The fourth-order valence-corrected chi connectivity index (χ4v) is 2.63. The number of hydrazine groups is 1. The lowest BCUT2D eigenvalue weighted by atomic mass is 10.1. The lowest BCUT2D eigenvalue weighted by molar-refractivity contribution is -0.125. The predicted molar refractivity (Wildman–Crippen MR) is 97.0 cm³/mol. The van der Waals surface area contributed by atoms with Crippen molar-refractivity contribution >= 4 is 23.3 Å². The van der Waals surface area contributed by atoms with Crippen molar-refractivity contribution in [2.75, 3.05) is 18.6 Å². The standard InChI is InChI=1S/C19H19FN4O2/c1-13(14-8-10-15(20)11-9-14)23(2)19(26)18-21-12-17(25)24(22-18)16-6-4-3-5-7-16/h3-11,13H,12H2,1-2H3,(H,21,22). The molecule has 26 heavy (non-hydrogen) atoms. The van der Waals surface area contributed by atoms with Crippen molar-refractivity contribution in [1.82, 2.24) is 10.3 Å². The Kier molecular flexibility index (Phi) is 4.97. The quantitative estimate of drug-likeness (QED) is 0.916. The maximum Gasteiger partial charge on any atom is 0.290 e. The average Bonchev–Trinajstić information content (AvgIpc) is 2.68. The highest BCUT2D eigenvalue weighted by Crippen LogP contribution is 2.20. The largest absolute Gasteiger partial charge is 0.332 e. The number of hydrogen-bond acceptors (Lipinski definition) is 4. The maximum atomic E-state index is 13.1. The summed E-state index contributed by atoms with van der Waals surface area (Å²) in [4.78, 5) is 30.5. The number of amides is 2. The molecule has 0 fully saturated rings. The van der Waals surface area contributed by atoms with Gasteiger partial charge in [-0.15, -0.1) is 0 Å². The van der Waals surface area contributed by atoms with Gasteiger partial charge in [-0.05, 0) is 36.8 Å². The van der Waals surface area contributed by atoms with Crippen LogP contribution in [0.4, 0.5) is 10.1 Å². The lowest BCUT2D eigenvalue weighted by Crippen LogP contribution is -2.56. The Morgan fingerprint density at radius 1 is 1.19 bits per heavy atom. The first-order valence-corrected chi connectivity index (χ1v) is 8.19. The zero-order chi connectivity index (χ0) is 18.7. The van der Waals surface area contributed by atoms with Crippen molar-refractivity contribution in [3.05, 3.63) is 66.0 Å². The number of hydrogen-bond donors (Lipinski definition) is 1. The Labute approximate surface area is 150 Å². The fourth-order valence-electron chi connectivity index (χ4n) is 2.63. The summed E-state index contributed by atoms with van der Waals surface area (Å²) in [6.45, 7) is 1.73. The first-order valence-electron chi connectivity index (χ1n) is 8.19. The highest BCUT2D eigenvalue weighted by molar-refractivity contribution is 6.39. The summed E-state index contributed by atoms with van der Waals surface area (Å²) in [5.41, 5.74) is 4.23. The van der Waals surface area contributed by atoms with Crippen LogP contribution in [0.3, 0.4) is 0 Å². The number of rotatable bonds is 4. The van der Waals surface area contributed by atoms with Gasteiger partial charge in [0.25, 0.3) is 11.8 Å². The number of likely N-dealkylation sites (N-methyl/N-ethyl adjacent to an activating group) is 1. The Balaban J connectivity index is 1.76. The summed E-state index contributed by atoms with van der Waals surface area (Å²) in [6, 6.07) is 14.7. The maximum absolute atomic E-state index is 13.1. The van der Waals surface area contributed by atoms with Gasteiger partial charge in [-0.2, -0.15) is 0 Å². The molecule has 1 heterocycles. The molecule has 134 valence electrons. The SMILES string of the molecule is CC(c1ccc(F)cc1)N(C)C(=O)C1=NCC(=O)N(c2ccccc2)N1. The number of nitrogens with zero attached hydrogens (tertiary/aromatic N) is 3. The molecule has 1 aliphatic rings. The van der Waals surface area contributed by atoms with Gasteiger partial charge in [-0.3, -0.25) is 20.0 Å². The van der Waals surface area contributed by atoms with E-state index in [0.717, 1.165) is 5.56 Å². The molecule has 1 aliphatic heterocycles. The van der Waals surface area contributed by atoms with Gasteiger partial charge in [0.1, 0.15) is 12.4 Å². The summed E-state index contributed by atoms with van der Waals surface area (Å²) in [5, 5.41) is 1.32. The Bertz CT molecular complexity index is 836. The molecule has 1 atom stereocenters. The number of benzene rings is 2. The smallest absolute Gasteiger partial charge is 0.290 e. The molecule has 2 aromatic carbocycles. The summed E-state index contributed by atoms with van der Waals surface area (Å²) in [7, 11) is 1.64. The molecule has 1 N–H and O–H groups in total. The number of anilines is 1. The molecule has 2 aromatic rings. The van der Waals surface area contributed by atoms with Gasteiger partial charge in [0.2, 0.25) is 5.84 Å². The van der Waals surface area contributed by atoms with Crippen molar-refractivity contribution in [2.24, 2.45) is 4.99 Å². The summed E-state index contributed by atoms with van der Waals surface area (Å²) in [5.74, 6) is -0.840. The van der Waals surface area contributed by atoms with E-state index < -0.39 is 0 Å². The first kappa shape index (κ1) is 17.6. The normalized spacial score (nSPS) is 15.1. The lowest BCUT2D eigenvalue weighted by Gasteiger charge is -2.31. The predicted octanol–water partition coefficient (Wildman–Crippen LogP) is 2.29. The van der Waals surface area contributed by atoms with E-state index in [0.29, 0.717) is 5.69 Å². The zero-order valence-corrected chi connectivity index (χ0v) is 14.5. The molecule has 0 bridgehead atoms. The molecule has 1 unspecified atom stereocenters. The summed E-state index contributed by atoms with van der Waals surface area (Å²) >= 11 is 0. The van der Waals surface area contributed by atoms with E-state index in [-0.39, 0.29) is 36.1 Å². The van der Waals surface area contributed by atoms with Crippen LogP contribution >= 0.6 is 0 Å². The van der Waals surface area contributed by atoms with Crippen LogP contribution in [0.1, 0.15) is 18.5 Å². The first-order chi connectivity index (χ1) is 12.5. The van der Waals surface area contributed by atoms with Crippen LogP contribution in [0.2, 0.25) is 0 Å². The van der Waals surface area contributed by atoms with Gasteiger partial charge in [0.15, 0.2) is 0 Å². The van der Waals surface area contributed by atoms with Crippen LogP contribution in [-0.4, -0.2) is 36.1 Å². The molecule has 3 rings (SSSR count). The monoisotopic (exact) mass is 354 g/mol. The van der Waals surface area contributed by atoms with E-state index in [1.807, 2.05) is 13.0 Å². The van der Waals surface area contributed by atoms with Crippen LogP contribution in [0, 0.1) is 5.82 Å². The van der Waals surface area contributed by atoms with Crippen molar-refractivity contribution in [2.45, 2.75) is 13.0 Å². The minimum atomic E-state index is -0.352. The highest BCUT2D eigenvalue weighted by atomic mass is 19.1. The molecule has 0 spiro atoms. The van der Waals surface area contributed by atoms with E-state index >= 15 is 0 Å². The number of carbonyl (C=O) groups is 2. The molecule has 0 aromatic heterocycles. The van der Waals surface area contributed by atoms with E-state index in [2.05, 4.69) is 10.4 Å². The van der Waals surface area contributed by atoms with Gasteiger partial charge < -0.3 is 4.90 Å². The molecule has 0 radical (unpaired) electrons. The molecule has 7 heteroatoms. The summed E-state index contributed by atoms with van der Waals surface area (Å²) < 4.78 is 13.1.